The molecule has 66 valence electrons. The van der Waals surface area contributed by atoms with Gasteiger partial charge in [0.1, 0.15) is 17.7 Å². The molecule has 4 heteroatoms. The highest BCUT2D eigenvalue weighted by molar-refractivity contribution is 5.81. The van der Waals surface area contributed by atoms with Gasteiger partial charge in [0.05, 0.1) is 5.69 Å². The van der Waals surface area contributed by atoms with Gasteiger partial charge in [0, 0.05) is 6.07 Å². The average Bonchev–Trinajstić information content (AvgIpc) is 2.17. The Hall–Kier alpha value is -1.97. The van der Waals surface area contributed by atoms with Crippen LogP contribution >= 0.6 is 0 Å². The van der Waals surface area contributed by atoms with Crippen LogP contribution in [0.15, 0.2) is 30.2 Å². The van der Waals surface area contributed by atoms with Crippen molar-refractivity contribution in [1.82, 2.24) is 0 Å². The number of fused-ring (bicyclic) bond motifs is 1. The van der Waals surface area contributed by atoms with Crippen LogP contribution in [0, 0.1) is 0 Å². The van der Waals surface area contributed by atoms with Crippen LogP contribution in [0.2, 0.25) is 0 Å². The second kappa shape index (κ2) is 2.82. The van der Waals surface area contributed by atoms with Crippen LogP contribution in [0.25, 0.3) is 0 Å². The molecule has 1 aliphatic rings. The van der Waals surface area contributed by atoms with E-state index in [0.29, 0.717) is 23.4 Å². The van der Waals surface area contributed by atoms with E-state index in [1.807, 2.05) is 0 Å². The molecule has 0 amide bonds. The quantitative estimate of drug-likeness (QED) is 0.500. The van der Waals surface area contributed by atoms with Crippen molar-refractivity contribution in [1.29, 1.82) is 0 Å². The Bertz CT molecular complexity index is 384. The van der Waals surface area contributed by atoms with Crippen molar-refractivity contribution in [3.8, 4) is 11.5 Å². The summed E-state index contributed by atoms with van der Waals surface area (Å²) in [5.74, 6) is 0.633. The number of hydrogen-bond acceptors (Lipinski definition) is 4. The van der Waals surface area contributed by atoms with Crippen molar-refractivity contribution < 1.29 is 14.6 Å². The second-order valence-corrected chi connectivity index (χ2v) is 2.61. The molecule has 0 saturated heterocycles. The van der Waals surface area contributed by atoms with Gasteiger partial charge in [0.15, 0.2) is 12.0 Å². The van der Waals surface area contributed by atoms with Gasteiger partial charge in [-0.15, -0.1) is 0 Å². The molecule has 2 N–H and O–H groups in total. The van der Waals surface area contributed by atoms with Gasteiger partial charge in [-0.05, 0) is 12.1 Å². The van der Waals surface area contributed by atoms with Crippen LogP contribution in [0.5, 0.6) is 11.5 Å². The van der Waals surface area contributed by atoms with Crippen LogP contribution < -0.4 is 10.1 Å². The van der Waals surface area contributed by atoms with Crippen molar-refractivity contribution in [3.63, 3.8) is 0 Å². The number of allylic oxidation sites excluding steroid dienone is 1. The molecule has 2 rings (SSSR count). The van der Waals surface area contributed by atoms with E-state index in [1.165, 1.54) is 18.4 Å². The number of aldehydes is 1. The fourth-order valence-electron chi connectivity index (χ4n) is 1.08. The smallest absolute Gasteiger partial charge is 0.169 e. The molecule has 4 nitrogen and oxygen atoms in total. The Labute approximate surface area is 74.4 Å². The molecule has 13 heavy (non-hydrogen) atoms. The summed E-state index contributed by atoms with van der Waals surface area (Å²) in [5.41, 5.74) is 1.03. The van der Waals surface area contributed by atoms with E-state index < -0.39 is 0 Å². The van der Waals surface area contributed by atoms with E-state index in [1.54, 1.807) is 6.07 Å². The lowest BCUT2D eigenvalue weighted by molar-refractivity contribution is -0.104. The van der Waals surface area contributed by atoms with Crippen LogP contribution in [-0.2, 0) is 4.79 Å². The summed E-state index contributed by atoms with van der Waals surface area (Å²) in [4.78, 5) is 10.4. The van der Waals surface area contributed by atoms with Gasteiger partial charge in [0.25, 0.3) is 0 Å². The van der Waals surface area contributed by atoms with E-state index >= 15 is 0 Å². The van der Waals surface area contributed by atoms with Gasteiger partial charge in [0.2, 0.25) is 0 Å². The first-order chi connectivity index (χ1) is 6.29. The zero-order chi connectivity index (χ0) is 9.26. The maximum atomic E-state index is 10.4. The van der Waals surface area contributed by atoms with Crippen LogP contribution in [-0.4, -0.2) is 11.4 Å². The van der Waals surface area contributed by atoms with E-state index in [2.05, 4.69) is 5.32 Å². The molecular weight excluding hydrogens is 170 g/mol. The molecule has 0 atom stereocenters. The molecule has 0 fully saturated rings. The number of carbonyl (C=O) groups is 1. The fourth-order valence-corrected chi connectivity index (χ4v) is 1.08. The molecule has 0 saturated carbocycles. The predicted molar refractivity (Wildman–Crippen MR) is 46.5 cm³/mol. The van der Waals surface area contributed by atoms with Crippen LogP contribution in [0.4, 0.5) is 5.69 Å². The number of hydrogen-bond donors (Lipinski definition) is 2. The monoisotopic (exact) mass is 177 g/mol. The number of anilines is 1. The highest BCUT2D eigenvalue weighted by atomic mass is 16.5. The molecule has 0 spiro atoms. The highest BCUT2D eigenvalue weighted by Gasteiger charge is 2.10. The van der Waals surface area contributed by atoms with E-state index in [4.69, 9.17) is 9.84 Å². The van der Waals surface area contributed by atoms with Crippen molar-refractivity contribution in [2.75, 3.05) is 5.32 Å². The van der Waals surface area contributed by atoms with Gasteiger partial charge in [-0.3, -0.25) is 4.79 Å². The lowest BCUT2D eigenvalue weighted by Crippen LogP contribution is -2.08. The number of ether oxygens (including phenoxy) is 1. The number of nitrogens with one attached hydrogen (secondary N) is 1. The first-order valence-electron chi connectivity index (χ1n) is 3.71. The maximum Gasteiger partial charge on any atom is 0.169 e. The van der Waals surface area contributed by atoms with Gasteiger partial charge in [-0.2, -0.15) is 0 Å². The Kier molecular flexibility index (Phi) is 1.66. The minimum absolute atomic E-state index is 0.128. The number of phenols is 1. The number of aromatic hydroxyl groups is 1. The molecule has 1 heterocycles. The number of phenolic OH excluding ortho intramolecular Hbond substituents is 1. The SMILES string of the molecule is O=CC1=COc2cc(O)ccc2N1. The minimum atomic E-state index is 0.128. The second-order valence-electron chi connectivity index (χ2n) is 2.61. The molecule has 1 aliphatic heterocycles. The summed E-state index contributed by atoms with van der Waals surface area (Å²) in [5, 5.41) is 11.9. The third kappa shape index (κ3) is 1.33. The van der Waals surface area contributed by atoms with Crippen molar-refractivity contribution in [3.05, 3.63) is 30.2 Å². The Morgan fingerprint density at radius 1 is 1.46 bits per heavy atom. The average molecular weight is 177 g/mol. The lowest BCUT2D eigenvalue weighted by atomic mass is 10.2. The molecule has 1 aromatic carbocycles. The summed E-state index contributed by atoms with van der Waals surface area (Å²) >= 11 is 0. The van der Waals surface area contributed by atoms with Gasteiger partial charge in [-0.1, -0.05) is 0 Å². The Morgan fingerprint density at radius 3 is 3.08 bits per heavy atom. The first-order valence-corrected chi connectivity index (χ1v) is 3.71. The maximum absolute atomic E-state index is 10.4. The molecule has 1 aromatic rings. The minimum Gasteiger partial charge on any atom is -0.508 e. The van der Waals surface area contributed by atoms with Crippen LogP contribution in [0.3, 0.4) is 0 Å². The number of benzene rings is 1. The van der Waals surface area contributed by atoms with Crippen molar-refractivity contribution in [2.45, 2.75) is 0 Å². The first kappa shape index (κ1) is 7.67. The summed E-state index contributed by atoms with van der Waals surface area (Å²) in [6, 6.07) is 4.63. The van der Waals surface area contributed by atoms with E-state index in [0.717, 1.165) is 0 Å². The third-order valence-electron chi connectivity index (χ3n) is 1.68. The molecule has 0 bridgehead atoms. The van der Waals surface area contributed by atoms with Gasteiger partial charge in [-0.25, -0.2) is 0 Å². The lowest BCUT2D eigenvalue weighted by Gasteiger charge is -2.15. The molecule has 0 aliphatic carbocycles. The number of rotatable bonds is 1. The van der Waals surface area contributed by atoms with Gasteiger partial charge < -0.3 is 15.2 Å². The summed E-state index contributed by atoms with van der Waals surface area (Å²) in [6.07, 6.45) is 1.96. The summed E-state index contributed by atoms with van der Waals surface area (Å²) < 4.78 is 5.09. The van der Waals surface area contributed by atoms with Crippen LogP contribution in [0.1, 0.15) is 0 Å². The number of carbonyl (C=O) groups excluding carboxylic acids is 1. The zero-order valence-electron chi connectivity index (χ0n) is 6.65. The van der Waals surface area contributed by atoms with Gasteiger partial charge >= 0.3 is 0 Å². The largest absolute Gasteiger partial charge is 0.508 e. The summed E-state index contributed by atoms with van der Waals surface area (Å²) in [7, 11) is 0. The summed E-state index contributed by atoms with van der Waals surface area (Å²) in [6.45, 7) is 0. The van der Waals surface area contributed by atoms with E-state index in [9.17, 15) is 4.79 Å². The molecule has 0 aromatic heterocycles. The normalized spacial score (nSPS) is 13.4. The predicted octanol–water partition coefficient (Wildman–Crippen LogP) is 1.24. The van der Waals surface area contributed by atoms with Crippen molar-refractivity contribution >= 4 is 12.0 Å². The standard InChI is InChI=1S/C9H7NO3/c11-4-6-5-13-9-3-7(12)1-2-8(9)10-6/h1-5,10,12H. The van der Waals surface area contributed by atoms with Crippen molar-refractivity contribution in [2.24, 2.45) is 0 Å². The molecule has 0 radical (unpaired) electrons. The Balaban J connectivity index is 2.38. The topological polar surface area (TPSA) is 58.6 Å². The molecule has 0 unspecified atom stereocenters. The fraction of sp³-hybridized carbons (Fsp3) is 0. The third-order valence-corrected chi connectivity index (χ3v) is 1.68. The van der Waals surface area contributed by atoms with E-state index in [-0.39, 0.29) is 5.75 Å². The molecular formula is C9H7NO3. The zero-order valence-corrected chi connectivity index (χ0v) is 6.65. The highest BCUT2D eigenvalue weighted by Crippen LogP contribution is 2.32. The Morgan fingerprint density at radius 2 is 2.31 bits per heavy atom.